The molecule has 2 fully saturated rings. The van der Waals surface area contributed by atoms with Gasteiger partial charge < -0.3 is 14.6 Å². The van der Waals surface area contributed by atoms with Crippen LogP contribution in [0.4, 0.5) is 5.82 Å². The van der Waals surface area contributed by atoms with Crippen LogP contribution in [0.2, 0.25) is 0 Å². The van der Waals surface area contributed by atoms with Crippen LogP contribution in [-0.4, -0.2) is 57.8 Å². The maximum absolute atomic E-state index is 5.97. The van der Waals surface area contributed by atoms with E-state index in [1.807, 2.05) is 30.2 Å². The molecule has 2 aliphatic rings. The van der Waals surface area contributed by atoms with Crippen molar-refractivity contribution in [1.29, 1.82) is 0 Å². The number of imidazole rings is 1. The zero-order valence-corrected chi connectivity index (χ0v) is 12.3. The Balaban J connectivity index is 1.44. The van der Waals surface area contributed by atoms with E-state index in [1.165, 1.54) is 19.4 Å². The number of aromatic nitrogens is 3. The SMILES string of the molecule is Cn1cnc2c(NCC3CN4CCCC4CO3)nccc21. The van der Waals surface area contributed by atoms with Crippen LogP contribution < -0.4 is 5.32 Å². The molecule has 0 aromatic carbocycles. The Morgan fingerprint density at radius 2 is 2.38 bits per heavy atom. The van der Waals surface area contributed by atoms with Gasteiger partial charge in [0, 0.05) is 32.4 Å². The second kappa shape index (κ2) is 5.27. The number of nitrogens with zero attached hydrogens (tertiary/aromatic N) is 4. The molecule has 2 aliphatic heterocycles. The van der Waals surface area contributed by atoms with Crippen molar-refractivity contribution < 1.29 is 4.74 Å². The van der Waals surface area contributed by atoms with Crippen molar-refractivity contribution in [3.8, 4) is 0 Å². The lowest BCUT2D eigenvalue weighted by Crippen LogP contribution is -2.48. The monoisotopic (exact) mass is 287 g/mol. The maximum atomic E-state index is 5.97. The van der Waals surface area contributed by atoms with E-state index in [0.717, 1.165) is 36.5 Å². The van der Waals surface area contributed by atoms with E-state index >= 15 is 0 Å². The number of rotatable bonds is 3. The molecule has 112 valence electrons. The molecule has 2 aromatic rings. The van der Waals surface area contributed by atoms with Gasteiger partial charge in [0.25, 0.3) is 0 Å². The summed E-state index contributed by atoms with van der Waals surface area (Å²) in [5.41, 5.74) is 2.02. The minimum atomic E-state index is 0.236. The smallest absolute Gasteiger partial charge is 0.154 e. The van der Waals surface area contributed by atoms with Crippen LogP contribution >= 0.6 is 0 Å². The summed E-state index contributed by atoms with van der Waals surface area (Å²) in [6.07, 6.45) is 6.48. The molecule has 4 rings (SSSR count). The summed E-state index contributed by atoms with van der Waals surface area (Å²) in [6, 6.07) is 2.64. The van der Waals surface area contributed by atoms with Crippen LogP contribution in [0.5, 0.6) is 0 Å². The molecule has 0 bridgehead atoms. The third-order valence-corrected chi connectivity index (χ3v) is 4.60. The Bertz CT molecular complexity index is 640. The van der Waals surface area contributed by atoms with E-state index in [2.05, 4.69) is 20.2 Å². The van der Waals surface area contributed by atoms with Gasteiger partial charge in [-0.25, -0.2) is 9.97 Å². The van der Waals surface area contributed by atoms with Gasteiger partial charge in [0.2, 0.25) is 0 Å². The molecule has 0 amide bonds. The highest BCUT2D eigenvalue weighted by molar-refractivity contribution is 5.85. The van der Waals surface area contributed by atoms with Crippen LogP contribution in [0.25, 0.3) is 11.0 Å². The number of hydrogen-bond acceptors (Lipinski definition) is 5. The number of fused-ring (bicyclic) bond motifs is 2. The first-order chi connectivity index (χ1) is 10.3. The lowest BCUT2D eigenvalue weighted by Gasteiger charge is -2.35. The molecule has 0 aliphatic carbocycles. The van der Waals surface area contributed by atoms with E-state index in [0.29, 0.717) is 6.04 Å². The molecule has 1 N–H and O–H groups in total. The van der Waals surface area contributed by atoms with Gasteiger partial charge in [-0.15, -0.1) is 0 Å². The predicted octanol–water partition coefficient (Wildman–Crippen LogP) is 1.24. The topological polar surface area (TPSA) is 55.2 Å². The Kier molecular flexibility index (Phi) is 3.27. The maximum Gasteiger partial charge on any atom is 0.154 e. The van der Waals surface area contributed by atoms with Crippen molar-refractivity contribution in [1.82, 2.24) is 19.4 Å². The fourth-order valence-corrected chi connectivity index (χ4v) is 3.41. The second-order valence-electron chi connectivity index (χ2n) is 6.01. The van der Waals surface area contributed by atoms with E-state index in [1.54, 1.807) is 0 Å². The molecule has 2 atom stereocenters. The molecule has 2 aromatic heterocycles. The van der Waals surface area contributed by atoms with E-state index in [4.69, 9.17) is 4.74 Å². The lowest BCUT2D eigenvalue weighted by molar-refractivity contribution is -0.0415. The molecule has 0 radical (unpaired) electrons. The number of morpholine rings is 1. The number of nitrogens with one attached hydrogen (secondary N) is 1. The van der Waals surface area contributed by atoms with Crippen molar-refractivity contribution in [2.24, 2.45) is 7.05 Å². The average molecular weight is 287 g/mol. The van der Waals surface area contributed by atoms with Crippen LogP contribution in [0.3, 0.4) is 0 Å². The molecular weight excluding hydrogens is 266 g/mol. The minimum absolute atomic E-state index is 0.236. The van der Waals surface area contributed by atoms with Crippen LogP contribution in [0.1, 0.15) is 12.8 Å². The number of anilines is 1. The molecule has 0 saturated carbocycles. The normalized spacial score (nSPS) is 26.1. The average Bonchev–Trinajstić information content (AvgIpc) is 3.12. The summed E-state index contributed by atoms with van der Waals surface area (Å²) in [4.78, 5) is 11.4. The van der Waals surface area contributed by atoms with Crippen molar-refractivity contribution in [3.63, 3.8) is 0 Å². The van der Waals surface area contributed by atoms with Crippen LogP contribution in [-0.2, 0) is 11.8 Å². The summed E-state index contributed by atoms with van der Waals surface area (Å²) in [5.74, 6) is 0.847. The third-order valence-electron chi connectivity index (χ3n) is 4.60. The molecule has 2 unspecified atom stereocenters. The Labute approximate surface area is 124 Å². The molecule has 6 nitrogen and oxygen atoms in total. The van der Waals surface area contributed by atoms with E-state index in [-0.39, 0.29) is 6.10 Å². The molecule has 21 heavy (non-hydrogen) atoms. The largest absolute Gasteiger partial charge is 0.373 e. The van der Waals surface area contributed by atoms with Gasteiger partial charge >= 0.3 is 0 Å². The molecule has 0 spiro atoms. The van der Waals surface area contributed by atoms with Gasteiger partial charge in [-0.05, 0) is 25.5 Å². The second-order valence-corrected chi connectivity index (χ2v) is 6.01. The first-order valence-electron chi connectivity index (χ1n) is 7.67. The van der Waals surface area contributed by atoms with Gasteiger partial charge in [-0.3, -0.25) is 4.90 Å². The van der Waals surface area contributed by atoms with Gasteiger partial charge in [0.1, 0.15) is 5.52 Å². The quantitative estimate of drug-likeness (QED) is 0.920. The van der Waals surface area contributed by atoms with Gasteiger partial charge in [0.15, 0.2) is 5.82 Å². The summed E-state index contributed by atoms with van der Waals surface area (Å²) in [7, 11) is 2.00. The first-order valence-corrected chi connectivity index (χ1v) is 7.67. The highest BCUT2D eigenvalue weighted by Gasteiger charge is 2.32. The summed E-state index contributed by atoms with van der Waals surface area (Å²) >= 11 is 0. The zero-order valence-electron chi connectivity index (χ0n) is 12.3. The van der Waals surface area contributed by atoms with Crippen LogP contribution in [0.15, 0.2) is 18.6 Å². The van der Waals surface area contributed by atoms with E-state index in [9.17, 15) is 0 Å². The number of ether oxygens (including phenoxy) is 1. The van der Waals surface area contributed by atoms with Crippen molar-refractivity contribution in [2.75, 3.05) is 31.6 Å². The van der Waals surface area contributed by atoms with Crippen molar-refractivity contribution >= 4 is 16.9 Å². The standard InChI is InChI=1S/C15H21N5O/c1-19-10-18-14-13(19)4-5-16-15(14)17-7-12-8-20-6-2-3-11(20)9-21-12/h4-5,10-12H,2-3,6-9H2,1H3,(H,16,17). The fraction of sp³-hybridized carbons (Fsp3) is 0.600. The number of hydrogen-bond donors (Lipinski definition) is 1. The van der Waals surface area contributed by atoms with Crippen LogP contribution in [0, 0.1) is 0 Å². The molecule has 2 saturated heterocycles. The van der Waals surface area contributed by atoms with Gasteiger partial charge in [0.05, 0.1) is 24.6 Å². The third kappa shape index (κ3) is 2.38. The molecular formula is C15H21N5O. The first kappa shape index (κ1) is 13.0. The lowest BCUT2D eigenvalue weighted by atomic mass is 10.2. The van der Waals surface area contributed by atoms with Gasteiger partial charge in [-0.1, -0.05) is 0 Å². The summed E-state index contributed by atoms with van der Waals surface area (Å²) in [6.45, 7) is 3.90. The van der Waals surface area contributed by atoms with E-state index < -0.39 is 0 Å². The highest BCUT2D eigenvalue weighted by atomic mass is 16.5. The predicted molar refractivity (Wildman–Crippen MR) is 81.3 cm³/mol. The van der Waals surface area contributed by atoms with Crippen molar-refractivity contribution in [2.45, 2.75) is 25.0 Å². The zero-order chi connectivity index (χ0) is 14.2. The summed E-state index contributed by atoms with van der Waals surface area (Å²) < 4.78 is 7.98. The van der Waals surface area contributed by atoms with Gasteiger partial charge in [-0.2, -0.15) is 0 Å². The molecule has 4 heterocycles. The summed E-state index contributed by atoms with van der Waals surface area (Å²) in [5, 5.41) is 3.41. The highest BCUT2D eigenvalue weighted by Crippen LogP contribution is 2.23. The fourth-order valence-electron chi connectivity index (χ4n) is 3.41. The van der Waals surface area contributed by atoms with Crippen molar-refractivity contribution in [3.05, 3.63) is 18.6 Å². The minimum Gasteiger partial charge on any atom is -0.373 e. The number of pyridine rings is 1. The molecule has 6 heteroatoms. The Morgan fingerprint density at radius 3 is 3.33 bits per heavy atom. The Hall–Kier alpha value is -1.66. The number of aryl methyl sites for hydroxylation is 1. The Morgan fingerprint density at radius 1 is 1.43 bits per heavy atom.